The van der Waals surface area contributed by atoms with E-state index in [0.29, 0.717) is 10.6 Å². The number of benzene rings is 1. The van der Waals surface area contributed by atoms with Gasteiger partial charge in [0.2, 0.25) is 0 Å². The summed E-state index contributed by atoms with van der Waals surface area (Å²) in [5.41, 5.74) is 6.44. The SMILES string of the molecule is CNC(=O)c1sc2ccccc2c1N. The van der Waals surface area contributed by atoms with Gasteiger partial charge >= 0.3 is 0 Å². The zero-order chi connectivity index (χ0) is 10.1. The number of carbonyl (C=O) groups excluding carboxylic acids is 1. The van der Waals surface area contributed by atoms with Crippen LogP contribution in [0.25, 0.3) is 10.1 Å². The minimum atomic E-state index is -0.122. The lowest BCUT2D eigenvalue weighted by atomic mass is 10.2. The van der Waals surface area contributed by atoms with Crippen LogP contribution in [0.3, 0.4) is 0 Å². The Morgan fingerprint density at radius 2 is 2.14 bits per heavy atom. The van der Waals surface area contributed by atoms with Crippen LogP contribution in [0.1, 0.15) is 9.67 Å². The Kier molecular flexibility index (Phi) is 2.13. The maximum atomic E-state index is 11.4. The molecule has 3 N–H and O–H groups in total. The van der Waals surface area contributed by atoms with Gasteiger partial charge in [0.1, 0.15) is 4.88 Å². The van der Waals surface area contributed by atoms with E-state index in [0.717, 1.165) is 10.1 Å². The van der Waals surface area contributed by atoms with Gasteiger partial charge in [0.05, 0.1) is 5.69 Å². The smallest absolute Gasteiger partial charge is 0.263 e. The second-order valence-electron chi connectivity index (χ2n) is 2.92. The minimum Gasteiger partial charge on any atom is -0.397 e. The van der Waals surface area contributed by atoms with Crippen LogP contribution < -0.4 is 11.1 Å². The molecule has 0 spiro atoms. The molecular weight excluding hydrogens is 196 g/mol. The van der Waals surface area contributed by atoms with Gasteiger partial charge in [0, 0.05) is 17.1 Å². The van der Waals surface area contributed by atoms with Crippen molar-refractivity contribution in [1.82, 2.24) is 5.32 Å². The predicted molar refractivity (Wildman–Crippen MR) is 59.6 cm³/mol. The van der Waals surface area contributed by atoms with Crippen LogP contribution in [0.2, 0.25) is 0 Å². The second kappa shape index (κ2) is 3.31. The third-order valence-electron chi connectivity index (χ3n) is 2.07. The highest BCUT2D eigenvalue weighted by Gasteiger charge is 2.13. The van der Waals surface area contributed by atoms with Crippen LogP contribution in [0, 0.1) is 0 Å². The average Bonchev–Trinajstić information content (AvgIpc) is 2.56. The molecule has 0 saturated carbocycles. The van der Waals surface area contributed by atoms with Gasteiger partial charge in [0.15, 0.2) is 0 Å². The molecule has 0 unspecified atom stereocenters. The molecule has 0 aliphatic heterocycles. The maximum Gasteiger partial charge on any atom is 0.263 e. The predicted octanol–water partition coefficient (Wildman–Crippen LogP) is 1.84. The first-order valence-electron chi connectivity index (χ1n) is 4.23. The number of nitrogens with one attached hydrogen (secondary N) is 1. The third-order valence-corrected chi connectivity index (χ3v) is 3.25. The summed E-state index contributed by atoms with van der Waals surface area (Å²) in [5.74, 6) is -0.122. The van der Waals surface area contributed by atoms with Crippen LogP contribution in [0.5, 0.6) is 0 Å². The lowest BCUT2D eigenvalue weighted by Gasteiger charge is -1.96. The number of rotatable bonds is 1. The van der Waals surface area contributed by atoms with E-state index in [-0.39, 0.29) is 5.91 Å². The minimum absolute atomic E-state index is 0.122. The van der Waals surface area contributed by atoms with Crippen molar-refractivity contribution in [2.75, 3.05) is 12.8 Å². The first-order chi connectivity index (χ1) is 6.74. The van der Waals surface area contributed by atoms with Gasteiger partial charge in [-0.1, -0.05) is 18.2 Å². The van der Waals surface area contributed by atoms with E-state index < -0.39 is 0 Å². The van der Waals surface area contributed by atoms with Crippen molar-refractivity contribution in [3.05, 3.63) is 29.1 Å². The molecule has 0 fully saturated rings. The van der Waals surface area contributed by atoms with Crippen LogP contribution in [-0.2, 0) is 0 Å². The highest BCUT2D eigenvalue weighted by atomic mass is 32.1. The lowest BCUT2D eigenvalue weighted by molar-refractivity contribution is 0.0968. The van der Waals surface area contributed by atoms with Crippen molar-refractivity contribution in [3.8, 4) is 0 Å². The Morgan fingerprint density at radius 3 is 2.79 bits per heavy atom. The topological polar surface area (TPSA) is 55.1 Å². The summed E-state index contributed by atoms with van der Waals surface area (Å²) in [6.45, 7) is 0. The largest absolute Gasteiger partial charge is 0.397 e. The molecule has 1 heterocycles. The molecule has 0 saturated heterocycles. The molecule has 3 nitrogen and oxygen atoms in total. The number of thiophene rings is 1. The first-order valence-corrected chi connectivity index (χ1v) is 5.04. The number of nitrogen functional groups attached to an aromatic ring is 1. The summed E-state index contributed by atoms with van der Waals surface area (Å²) in [4.78, 5) is 12.0. The fourth-order valence-corrected chi connectivity index (χ4v) is 2.42. The molecule has 2 aromatic rings. The summed E-state index contributed by atoms with van der Waals surface area (Å²) < 4.78 is 1.05. The monoisotopic (exact) mass is 206 g/mol. The number of fused-ring (bicyclic) bond motifs is 1. The van der Waals surface area contributed by atoms with Crippen LogP contribution in [0.4, 0.5) is 5.69 Å². The number of amides is 1. The van der Waals surface area contributed by atoms with Crippen molar-refractivity contribution < 1.29 is 4.79 Å². The molecule has 0 atom stereocenters. The number of hydrogen-bond acceptors (Lipinski definition) is 3. The Bertz CT molecular complexity index is 490. The Hall–Kier alpha value is -1.55. The van der Waals surface area contributed by atoms with Gasteiger partial charge in [-0.3, -0.25) is 4.79 Å². The molecule has 1 aromatic heterocycles. The summed E-state index contributed by atoms with van der Waals surface area (Å²) in [7, 11) is 1.60. The summed E-state index contributed by atoms with van der Waals surface area (Å²) >= 11 is 1.42. The van der Waals surface area contributed by atoms with Gasteiger partial charge in [-0.15, -0.1) is 11.3 Å². The zero-order valence-corrected chi connectivity index (χ0v) is 8.52. The fourth-order valence-electron chi connectivity index (χ4n) is 1.35. The van der Waals surface area contributed by atoms with Crippen molar-refractivity contribution in [1.29, 1.82) is 0 Å². The summed E-state index contributed by atoms with van der Waals surface area (Å²) in [6, 6.07) is 7.74. The van der Waals surface area contributed by atoms with E-state index in [2.05, 4.69) is 5.32 Å². The Morgan fingerprint density at radius 1 is 1.43 bits per heavy atom. The molecule has 4 heteroatoms. The average molecular weight is 206 g/mol. The molecule has 14 heavy (non-hydrogen) atoms. The van der Waals surface area contributed by atoms with Gasteiger partial charge < -0.3 is 11.1 Å². The molecule has 72 valence electrons. The number of hydrogen-bond donors (Lipinski definition) is 2. The quantitative estimate of drug-likeness (QED) is 0.748. The first kappa shape index (κ1) is 9.02. The van der Waals surface area contributed by atoms with E-state index in [1.165, 1.54) is 11.3 Å². The third kappa shape index (κ3) is 1.24. The highest BCUT2D eigenvalue weighted by Crippen LogP contribution is 2.32. The molecular formula is C10H10N2OS. The maximum absolute atomic E-state index is 11.4. The van der Waals surface area contributed by atoms with Crippen molar-refractivity contribution in [2.24, 2.45) is 0 Å². The van der Waals surface area contributed by atoms with Gasteiger partial charge in [-0.05, 0) is 6.07 Å². The second-order valence-corrected chi connectivity index (χ2v) is 3.97. The van der Waals surface area contributed by atoms with Crippen molar-refractivity contribution >= 4 is 33.0 Å². The zero-order valence-electron chi connectivity index (χ0n) is 7.70. The van der Waals surface area contributed by atoms with Gasteiger partial charge in [-0.2, -0.15) is 0 Å². The molecule has 1 aromatic carbocycles. The lowest BCUT2D eigenvalue weighted by Crippen LogP contribution is -2.17. The van der Waals surface area contributed by atoms with E-state index in [1.54, 1.807) is 7.05 Å². The number of carbonyl (C=O) groups is 1. The van der Waals surface area contributed by atoms with Gasteiger partial charge in [0.25, 0.3) is 5.91 Å². The number of anilines is 1. The van der Waals surface area contributed by atoms with Crippen LogP contribution >= 0.6 is 11.3 Å². The molecule has 0 bridgehead atoms. The van der Waals surface area contributed by atoms with E-state index in [4.69, 9.17) is 5.73 Å². The molecule has 2 rings (SSSR count). The fraction of sp³-hybridized carbons (Fsp3) is 0.100. The molecule has 0 aliphatic carbocycles. The highest BCUT2D eigenvalue weighted by molar-refractivity contribution is 7.21. The Balaban J connectivity index is 2.68. The van der Waals surface area contributed by atoms with E-state index >= 15 is 0 Å². The van der Waals surface area contributed by atoms with Gasteiger partial charge in [-0.25, -0.2) is 0 Å². The van der Waals surface area contributed by atoms with Crippen molar-refractivity contribution in [2.45, 2.75) is 0 Å². The van der Waals surface area contributed by atoms with Crippen LogP contribution in [0.15, 0.2) is 24.3 Å². The van der Waals surface area contributed by atoms with Crippen LogP contribution in [-0.4, -0.2) is 13.0 Å². The summed E-state index contributed by atoms with van der Waals surface area (Å²) in [5, 5.41) is 3.53. The number of nitrogens with two attached hydrogens (primary N) is 1. The van der Waals surface area contributed by atoms with Crippen molar-refractivity contribution in [3.63, 3.8) is 0 Å². The normalized spacial score (nSPS) is 10.4. The van der Waals surface area contributed by atoms with E-state index in [9.17, 15) is 4.79 Å². The standard InChI is InChI=1S/C10H10N2OS/c1-12-10(13)9-8(11)6-4-2-3-5-7(6)14-9/h2-5H,11H2,1H3,(H,12,13). The van der Waals surface area contributed by atoms with E-state index in [1.807, 2.05) is 24.3 Å². The Labute approximate surface area is 85.5 Å². The summed E-state index contributed by atoms with van der Waals surface area (Å²) in [6.07, 6.45) is 0. The molecule has 0 aliphatic rings. The molecule has 1 amide bonds. The molecule has 0 radical (unpaired) electrons.